The maximum absolute atomic E-state index is 13.0. The van der Waals surface area contributed by atoms with Crippen molar-refractivity contribution in [3.8, 4) is 5.75 Å². The fourth-order valence-electron chi connectivity index (χ4n) is 4.06. The third-order valence-electron chi connectivity index (χ3n) is 5.75. The standard InChI is InChI=1S/C24H29N5O4S/c1-2-33-21-10-9-19-7-3-4-8-20(19)22(21)23(30)25-13-6-18-34(31,32)29-16-14-28(15-17-29)24-26-11-5-12-27-24/h3-5,7-12H,2,6,13-18H2,1H3,(H,25,30). The molecule has 1 aromatic heterocycles. The summed E-state index contributed by atoms with van der Waals surface area (Å²) in [5.41, 5.74) is 0.474. The van der Waals surface area contributed by atoms with E-state index in [0.29, 0.717) is 56.5 Å². The van der Waals surface area contributed by atoms with Crippen LogP contribution in [0.1, 0.15) is 23.7 Å². The van der Waals surface area contributed by atoms with Crippen LogP contribution in [-0.4, -0.2) is 73.7 Å². The molecule has 0 saturated carbocycles. The van der Waals surface area contributed by atoms with Crippen LogP contribution in [0.3, 0.4) is 0 Å². The summed E-state index contributed by atoms with van der Waals surface area (Å²) in [7, 11) is -3.41. The monoisotopic (exact) mass is 483 g/mol. The second kappa shape index (κ2) is 10.8. The molecule has 1 aliphatic rings. The average molecular weight is 484 g/mol. The molecular weight excluding hydrogens is 454 g/mol. The maximum atomic E-state index is 13.0. The molecule has 0 spiro atoms. The largest absolute Gasteiger partial charge is 0.493 e. The number of piperazine rings is 1. The lowest BCUT2D eigenvalue weighted by molar-refractivity contribution is 0.0951. The Morgan fingerprint density at radius 1 is 1.03 bits per heavy atom. The summed E-state index contributed by atoms with van der Waals surface area (Å²) in [5.74, 6) is 0.839. The Morgan fingerprint density at radius 2 is 1.76 bits per heavy atom. The van der Waals surface area contributed by atoms with E-state index >= 15 is 0 Å². The first kappa shape index (κ1) is 23.9. The van der Waals surface area contributed by atoms with Crippen molar-refractivity contribution in [1.29, 1.82) is 0 Å². The highest BCUT2D eigenvalue weighted by Gasteiger charge is 2.27. The number of fused-ring (bicyclic) bond motifs is 1. The molecule has 1 fully saturated rings. The highest BCUT2D eigenvalue weighted by Crippen LogP contribution is 2.28. The number of nitrogens with zero attached hydrogens (tertiary/aromatic N) is 4. The first-order valence-electron chi connectivity index (χ1n) is 11.4. The van der Waals surface area contributed by atoms with Gasteiger partial charge in [0.2, 0.25) is 16.0 Å². The van der Waals surface area contributed by atoms with E-state index in [4.69, 9.17) is 4.74 Å². The van der Waals surface area contributed by atoms with Gasteiger partial charge in [-0.1, -0.05) is 30.3 Å². The number of nitrogens with one attached hydrogen (secondary N) is 1. The summed E-state index contributed by atoms with van der Waals surface area (Å²) in [5, 5.41) is 4.62. The minimum atomic E-state index is -3.41. The number of benzene rings is 2. The predicted octanol–water partition coefficient (Wildman–Crippen LogP) is 2.30. The second-order valence-electron chi connectivity index (χ2n) is 7.95. The minimum Gasteiger partial charge on any atom is -0.493 e. The topological polar surface area (TPSA) is 105 Å². The summed E-state index contributed by atoms with van der Waals surface area (Å²) >= 11 is 0. The fourth-order valence-corrected chi connectivity index (χ4v) is 5.54. The van der Waals surface area contributed by atoms with E-state index in [2.05, 4.69) is 15.3 Å². The zero-order chi connectivity index (χ0) is 24.0. The van der Waals surface area contributed by atoms with Crippen molar-refractivity contribution >= 4 is 32.7 Å². The molecule has 1 amide bonds. The van der Waals surface area contributed by atoms with Crippen molar-refractivity contribution in [2.75, 3.05) is 50.0 Å². The first-order valence-corrected chi connectivity index (χ1v) is 13.0. The van der Waals surface area contributed by atoms with Crippen molar-refractivity contribution in [2.45, 2.75) is 13.3 Å². The van der Waals surface area contributed by atoms with E-state index in [0.717, 1.165) is 10.8 Å². The Kier molecular flexibility index (Phi) is 7.59. The van der Waals surface area contributed by atoms with E-state index < -0.39 is 10.0 Å². The van der Waals surface area contributed by atoms with Crippen LogP contribution in [-0.2, 0) is 10.0 Å². The average Bonchev–Trinajstić information content (AvgIpc) is 2.87. The Hall–Kier alpha value is -3.24. The Labute approximate surface area is 199 Å². The van der Waals surface area contributed by atoms with Crippen molar-refractivity contribution < 1.29 is 17.9 Å². The second-order valence-corrected chi connectivity index (χ2v) is 10.0. The molecule has 2 aromatic carbocycles. The molecule has 2 heterocycles. The van der Waals surface area contributed by atoms with Crippen molar-refractivity contribution in [3.63, 3.8) is 0 Å². The molecule has 1 N–H and O–H groups in total. The van der Waals surface area contributed by atoms with Gasteiger partial charge in [0, 0.05) is 45.1 Å². The number of sulfonamides is 1. The summed E-state index contributed by atoms with van der Waals surface area (Å²) in [6.45, 7) is 4.43. The summed E-state index contributed by atoms with van der Waals surface area (Å²) in [4.78, 5) is 23.4. The van der Waals surface area contributed by atoms with E-state index in [-0.39, 0.29) is 18.2 Å². The number of amides is 1. The van der Waals surface area contributed by atoms with Crippen LogP contribution in [0.25, 0.3) is 10.8 Å². The summed E-state index contributed by atoms with van der Waals surface area (Å²) in [6, 6.07) is 13.1. The molecule has 0 unspecified atom stereocenters. The van der Waals surface area contributed by atoms with Gasteiger partial charge in [0.1, 0.15) is 5.75 Å². The highest BCUT2D eigenvalue weighted by molar-refractivity contribution is 7.89. The van der Waals surface area contributed by atoms with Crippen LogP contribution in [0.15, 0.2) is 54.9 Å². The molecule has 0 bridgehead atoms. The van der Waals surface area contributed by atoms with E-state index in [1.807, 2.05) is 42.2 Å². The van der Waals surface area contributed by atoms with Gasteiger partial charge in [-0.05, 0) is 36.2 Å². The van der Waals surface area contributed by atoms with E-state index in [1.165, 1.54) is 4.31 Å². The third kappa shape index (κ3) is 5.45. The number of anilines is 1. The van der Waals surface area contributed by atoms with Crippen LogP contribution in [0.4, 0.5) is 5.95 Å². The van der Waals surface area contributed by atoms with Gasteiger partial charge < -0.3 is 15.0 Å². The SMILES string of the molecule is CCOc1ccc2ccccc2c1C(=O)NCCCS(=O)(=O)N1CCN(c2ncccn2)CC1. The zero-order valence-corrected chi connectivity index (χ0v) is 20.0. The van der Waals surface area contributed by atoms with Gasteiger partial charge in [0.05, 0.1) is 17.9 Å². The van der Waals surface area contributed by atoms with E-state index in [9.17, 15) is 13.2 Å². The van der Waals surface area contributed by atoms with E-state index in [1.54, 1.807) is 24.5 Å². The van der Waals surface area contributed by atoms with Crippen molar-refractivity contribution in [1.82, 2.24) is 19.6 Å². The number of hydrogen-bond acceptors (Lipinski definition) is 7. The lowest BCUT2D eigenvalue weighted by Crippen LogP contribution is -2.49. The smallest absolute Gasteiger partial charge is 0.255 e. The molecule has 34 heavy (non-hydrogen) atoms. The summed E-state index contributed by atoms with van der Waals surface area (Å²) < 4.78 is 32.8. The van der Waals surface area contributed by atoms with Crippen molar-refractivity contribution in [3.05, 3.63) is 60.4 Å². The lowest BCUT2D eigenvalue weighted by atomic mass is 10.0. The molecule has 0 atom stereocenters. The molecule has 4 rings (SSSR count). The number of carbonyl (C=O) groups is 1. The number of rotatable bonds is 9. The number of ether oxygens (including phenoxy) is 1. The molecule has 0 radical (unpaired) electrons. The van der Waals surface area contributed by atoms with Crippen LogP contribution in [0.5, 0.6) is 5.75 Å². The molecule has 1 saturated heterocycles. The van der Waals surface area contributed by atoms with Crippen LogP contribution < -0.4 is 15.0 Å². The van der Waals surface area contributed by atoms with Crippen LogP contribution in [0.2, 0.25) is 0 Å². The van der Waals surface area contributed by atoms with Gasteiger partial charge in [-0.25, -0.2) is 18.4 Å². The van der Waals surface area contributed by atoms with Gasteiger partial charge in [0.25, 0.3) is 5.91 Å². The maximum Gasteiger partial charge on any atom is 0.255 e. The first-order chi connectivity index (χ1) is 16.5. The molecule has 3 aromatic rings. The van der Waals surface area contributed by atoms with Gasteiger partial charge in [-0.15, -0.1) is 0 Å². The van der Waals surface area contributed by atoms with Gasteiger partial charge in [-0.2, -0.15) is 4.31 Å². The molecule has 180 valence electrons. The van der Waals surface area contributed by atoms with Gasteiger partial charge in [-0.3, -0.25) is 4.79 Å². The normalized spacial score (nSPS) is 14.8. The minimum absolute atomic E-state index is 0.0248. The lowest BCUT2D eigenvalue weighted by Gasteiger charge is -2.33. The van der Waals surface area contributed by atoms with Crippen molar-refractivity contribution in [2.24, 2.45) is 0 Å². The fraction of sp³-hybridized carbons (Fsp3) is 0.375. The predicted molar refractivity (Wildman–Crippen MR) is 132 cm³/mol. The summed E-state index contributed by atoms with van der Waals surface area (Å²) in [6.07, 6.45) is 3.68. The number of hydrogen-bond donors (Lipinski definition) is 1. The van der Waals surface area contributed by atoms with Gasteiger partial charge >= 0.3 is 0 Å². The highest BCUT2D eigenvalue weighted by atomic mass is 32.2. The zero-order valence-electron chi connectivity index (χ0n) is 19.2. The molecule has 0 aliphatic carbocycles. The Bertz CT molecular complexity index is 1230. The van der Waals surface area contributed by atoms with Gasteiger partial charge in [0.15, 0.2) is 0 Å². The third-order valence-corrected chi connectivity index (χ3v) is 7.71. The Morgan fingerprint density at radius 3 is 2.50 bits per heavy atom. The van der Waals surface area contributed by atoms with Crippen LogP contribution >= 0.6 is 0 Å². The quantitative estimate of drug-likeness (QED) is 0.466. The molecule has 10 heteroatoms. The molecule has 9 nitrogen and oxygen atoms in total. The van der Waals surface area contributed by atoms with Crippen LogP contribution in [0, 0.1) is 0 Å². The molecular formula is C24H29N5O4S. The molecule has 1 aliphatic heterocycles. The number of carbonyl (C=O) groups excluding carboxylic acids is 1. The Balaban J connectivity index is 1.31. The number of aromatic nitrogens is 2.